The number of pyridine rings is 1. The van der Waals surface area contributed by atoms with Crippen molar-refractivity contribution < 1.29 is 13.6 Å². The molecule has 35 heavy (non-hydrogen) atoms. The number of benzene rings is 2. The molecule has 0 unspecified atom stereocenters. The van der Waals surface area contributed by atoms with Crippen LogP contribution in [0, 0.1) is 18.6 Å². The SMILES string of the molecule is CN=c1ncc2cc(-c3cc(NC(=O)Nc4ccc(Cl)cc4F)c(F)cc3C)c3n(c-2n1)CCN3. The van der Waals surface area contributed by atoms with Crippen molar-refractivity contribution in [2.24, 2.45) is 4.99 Å². The molecule has 2 aromatic rings. The molecule has 0 bridgehead atoms. The molecule has 2 amide bonds. The third-order valence-corrected chi connectivity index (χ3v) is 5.96. The van der Waals surface area contributed by atoms with Crippen LogP contribution in [0.2, 0.25) is 5.02 Å². The Bertz CT molecular complexity index is 1520. The van der Waals surface area contributed by atoms with E-state index in [0.29, 0.717) is 29.8 Å². The number of anilines is 3. The number of nitrogens with one attached hydrogen (secondary N) is 3. The van der Waals surface area contributed by atoms with Gasteiger partial charge >= 0.3 is 6.03 Å². The monoisotopic (exact) mass is 495 g/mol. The van der Waals surface area contributed by atoms with Gasteiger partial charge in [0.15, 0.2) is 0 Å². The first-order chi connectivity index (χ1) is 16.8. The number of carbonyl (C=O) groups is 1. The summed E-state index contributed by atoms with van der Waals surface area (Å²) in [5, 5.41) is 8.41. The summed E-state index contributed by atoms with van der Waals surface area (Å²) in [6.07, 6.45) is 1.70. The van der Waals surface area contributed by atoms with Gasteiger partial charge in [0.1, 0.15) is 23.3 Å². The van der Waals surface area contributed by atoms with Gasteiger partial charge in [0.05, 0.1) is 11.4 Å². The van der Waals surface area contributed by atoms with E-state index >= 15 is 0 Å². The number of nitrogens with zero attached hydrogens (tertiary/aromatic N) is 4. The zero-order chi connectivity index (χ0) is 24.7. The lowest BCUT2D eigenvalue weighted by Crippen LogP contribution is -2.21. The first-order valence-corrected chi connectivity index (χ1v) is 11.1. The second kappa shape index (κ2) is 8.95. The Morgan fingerprint density at radius 3 is 2.66 bits per heavy atom. The topological polar surface area (TPSA) is 96.2 Å². The highest BCUT2D eigenvalue weighted by Gasteiger charge is 2.24. The van der Waals surface area contributed by atoms with Gasteiger partial charge in [-0.1, -0.05) is 11.6 Å². The molecule has 3 heterocycles. The van der Waals surface area contributed by atoms with Crippen LogP contribution in [-0.4, -0.2) is 34.2 Å². The number of halogens is 3. The lowest BCUT2D eigenvalue weighted by atomic mass is 9.98. The van der Waals surface area contributed by atoms with E-state index < -0.39 is 17.7 Å². The number of urea groups is 1. The zero-order valence-electron chi connectivity index (χ0n) is 18.8. The Labute approximate surface area is 204 Å². The number of aryl methyl sites for hydroxylation is 1. The summed E-state index contributed by atoms with van der Waals surface area (Å²) in [6.45, 7) is 3.19. The molecule has 0 saturated heterocycles. The van der Waals surface area contributed by atoms with Crippen LogP contribution >= 0.6 is 11.6 Å². The Hall–Kier alpha value is -4.05. The van der Waals surface area contributed by atoms with Crippen LogP contribution in [0.4, 0.5) is 30.8 Å². The molecule has 0 atom stereocenters. The van der Waals surface area contributed by atoms with E-state index in [0.717, 1.165) is 28.8 Å². The summed E-state index contributed by atoms with van der Waals surface area (Å²) >= 11 is 5.75. The number of fused-ring (bicyclic) bond motifs is 3. The van der Waals surface area contributed by atoms with Crippen molar-refractivity contribution in [2.45, 2.75) is 13.5 Å². The van der Waals surface area contributed by atoms with Crippen LogP contribution in [0.5, 0.6) is 0 Å². The Morgan fingerprint density at radius 1 is 1.11 bits per heavy atom. The van der Waals surface area contributed by atoms with Crippen LogP contribution in [0.1, 0.15) is 5.56 Å². The summed E-state index contributed by atoms with van der Waals surface area (Å²) in [5.74, 6) is 0.251. The lowest BCUT2D eigenvalue weighted by Gasteiger charge is -2.19. The van der Waals surface area contributed by atoms with Crippen molar-refractivity contribution in [3.05, 3.63) is 70.4 Å². The molecule has 11 heteroatoms. The molecule has 5 rings (SSSR count). The Kier molecular flexibility index (Phi) is 5.81. The van der Waals surface area contributed by atoms with Gasteiger partial charge in [-0.15, -0.1) is 0 Å². The molecule has 0 spiro atoms. The molecular formula is C24H20ClF2N7O. The second-order valence-corrected chi connectivity index (χ2v) is 8.44. The number of hydrogen-bond donors (Lipinski definition) is 3. The first kappa shape index (κ1) is 22.7. The average Bonchev–Trinajstić information content (AvgIpc) is 3.32. The van der Waals surface area contributed by atoms with E-state index in [4.69, 9.17) is 11.6 Å². The highest BCUT2D eigenvalue weighted by molar-refractivity contribution is 6.30. The van der Waals surface area contributed by atoms with Crippen molar-refractivity contribution in [2.75, 3.05) is 29.5 Å². The second-order valence-electron chi connectivity index (χ2n) is 8.01. The van der Waals surface area contributed by atoms with Gasteiger partial charge in [-0.05, 0) is 54.4 Å². The molecule has 8 nitrogen and oxygen atoms in total. The molecule has 2 aromatic carbocycles. The van der Waals surface area contributed by atoms with E-state index in [-0.39, 0.29) is 16.4 Å². The summed E-state index contributed by atoms with van der Waals surface area (Å²) in [6, 6.07) is 7.88. The van der Waals surface area contributed by atoms with Crippen molar-refractivity contribution >= 4 is 34.8 Å². The Morgan fingerprint density at radius 2 is 1.89 bits per heavy atom. The Balaban J connectivity index is 1.54. The van der Waals surface area contributed by atoms with Gasteiger partial charge in [0.25, 0.3) is 0 Å². The minimum Gasteiger partial charge on any atom is -0.369 e. The minimum absolute atomic E-state index is 0.0503. The van der Waals surface area contributed by atoms with Gasteiger partial charge < -0.3 is 20.5 Å². The highest BCUT2D eigenvalue weighted by atomic mass is 35.5. The van der Waals surface area contributed by atoms with Crippen molar-refractivity contribution in [3.8, 4) is 22.5 Å². The summed E-state index contributed by atoms with van der Waals surface area (Å²) in [5.41, 5.74) is 3.26. The number of amides is 2. The van der Waals surface area contributed by atoms with Crippen LogP contribution < -0.4 is 21.6 Å². The normalized spacial score (nSPS) is 13.0. The number of aromatic nitrogens is 3. The molecular weight excluding hydrogens is 476 g/mol. The molecule has 3 N–H and O–H groups in total. The molecule has 178 valence electrons. The van der Waals surface area contributed by atoms with Crippen LogP contribution in [0.3, 0.4) is 0 Å². The zero-order valence-corrected chi connectivity index (χ0v) is 19.5. The van der Waals surface area contributed by atoms with Crippen LogP contribution in [0.15, 0.2) is 47.6 Å². The highest BCUT2D eigenvalue weighted by Crippen LogP contribution is 2.39. The van der Waals surface area contributed by atoms with Crippen LogP contribution in [0.25, 0.3) is 22.5 Å². The molecule has 0 aromatic heterocycles. The molecule has 3 aliphatic rings. The van der Waals surface area contributed by atoms with E-state index in [1.165, 1.54) is 18.2 Å². The first-order valence-electron chi connectivity index (χ1n) is 10.7. The standard InChI is InChI=1S/C24H20ClF2N7O/c1-12-7-17(26)20(32-24(35)31-19-4-3-14(25)9-18(19)27)10-15(12)16-8-13-11-30-23(28-2)33-21(13)34-6-5-29-22(16)34/h3-4,7-11,29H,5-6H2,1-2H3,(H2,31,32,35). The average molecular weight is 496 g/mol. The van der Waals surface area contributed by atoms with Crippen molar-refractivity contribution in [1.82, 2.24) is 14.5 Å². The summed E-state index contributed by atoms with van der Waals surface area (Å²) in [7, 11) is 1.63. The third-order valence-electron chi connectivity index (χ3n) is 5.72. The number of hydrogen-bond acceptors (Lipinski definition) is 5. The van der Waals surface area contributed by atoms with Gasteiger partial charge in [0.2, 0.25) is 5.62 Å². The fourth-order valence-electron chi connectivity index (χ4n) is 4.10. The maximum atomic E-state index is 14.8. The summed E-state index contributed by atoms with van der Waals surface area (Å²) < 4.78 is 30.9. The summed E-state index contributed by atoms with van der Waals surface area (Å²) in [4.78, 5) is 25.3. The van der Waals surface area contributed by atoms with E-state index in [9.17, 15) is 13.6 Å². The van der Waals surface area contributed by atoms with Crippen LogP contribution in [-0.2, 0) is 6.54 Å². The third kappa shape index (κ3) is 4.28. The molecule has 3 aliphatic heterocycles. The van der Waals surface area contributed by atoms with Gasteiger partial charge in [0, 0.05) is 42.5 Å². The fourth-order valence-corrected chi connectivity index (χ4v) is 4.26. The largest absolute Gasteiger partial charge is 0.369 e. The fraction of sp³-hybridized carbons (Fsp3) is 0.167. The smallest absolute Gasteiger partial charge is 0.323 e. The predicted octanol–water partition coefficient (Wildman–Crippen LogP) is 4.89. The molecule has 0 saturated carbocycles. The van der Waals surface area contributed by atoms with Gasteiger partial charge in [-0.3, -0.25) is 4.99 Å². The van der Waals surface area contributed by atoms with E-state index in [2.05, 4.69) is 30.9 Å². The maximum absolute atomic E-state index is 14.8. The molecule has 0 aliphatic carbocycles. The predicted molar refractivity (Wildman–Crippen MR) is 131 cm³/mol. The molecule has 0 fully saturated rings. The molecule has 0 radical (unpaired) electrons. The van der Waals surface area contributed by atoms with Crippen molar-refractivity contribution in [1.29, 1.82) is 0 Å². The van der Waals surface area contributed by atoms with Gasteiger partial charge in [-0.2, -0.15) is 4.98 Å². The minimum atomic E-state index is -0.791. The maximum Gasteiger partial charge on any atom is 0.323 e. The van der Waals surface area contributed by atoms with E-state index in [1.54, 1.807) is 26.2 Å². The number of rotatable bonds is 3. The van der Waals surface area contributed by atoms with Gasteiger partial charge in [-0.25, -0.2) is 18.6 Å². The van der Waals surface area contributed by atoms with Crippen molar-refractivity contribution in [3.63, 3.8) is 0 Å². The lowest BCUT2D eigenvalue weighted by molar-refractivity contribution is 0.262. The van der Waals surface area contributed by atoms with E-state index in [1.807, 2.05) is 10.6 Å². The quantitative estimate of drug-likeness (QED) is 0.377. The number of carbonyl (C=O) groups excluding carboxylic acids is 1.